The van der Waals surface area contributed by atoms with Gasteiger partial charge in [-0.05, 0) is 6.42 Å². The first-order valence-corrected chi connectivity index (χ1v) is 5.26. The molecule has 1 saturated heterocycles. The van der Waals surface area contributed by atoms with Gasteiger partial charge < -0.3 is 9.47 Å². The molecular weight excluding hydrogens is 276 g/mol. The highest BCUT2D eigenvalue weighted by molar-refractivity contribution is 9.25. The minimum Gasteiger partial charge on any atom is -0.350 e. The number of hydrogen-bond acceptors (Lipinski definition) is 2. The smallest absolute Gasteiger partial charge is 0.165 e. The number of alkyl halides is 2. The first kappa shape index (κ1) is 8.48. The van der Waals surface area contributed by atoms with Crippen LogP contribution in [0.5, 0.6) is 0 Å². The SMILES string of the molecule is CC1(C2OCCO2)CC1(Br)Br. The highest BCUT2D eigenvalue weighted by atomic mass is 79.9. The van der Waals surface area contributed by atoms with E-state index in [2.05, 4.69) is 38.8 Å². The van der Waals surface area contributed by atoms with Crippen LogP contribution >= 0.6 is 31.9 Å². The molecule has 1 saturated carbocycles. The van der Waals surface area contributed by atoms with Gasteiger partial charge in [-0.15, -0.1) is 0 Å². The molecule has 11 heavy (non-hydrogen) atoms. The minimum absolute atomic E-state index is 0.0266. The van der Waals surface area contributed by atoms with E-state index in [1.165, 1.54) is 0 Å². The third-order valence-corrected chi connectivity index (χ3v) is 4.81. The Labute approximate surface area is 82.9 Å². The largest absolute Gasteiger partial charge is 0.350 e. The van der Waals surface area contributed by atoms with E-state index in [9.17, 15) is 0 Å². The molecular formula is C7H10Br2O2. The fourth-order valence-corrected chi connectivity index (χ4v) is 2.94. The monoisotopic (exact) mass is 284 g/mol. The standard InChI is InChI=1S/C7H10Br2O2/c1-6(4-7(6,8)9)5-10-2-3-11-5/h5H,2-4H2,1H3. The highest BCUT2D eigenvalue weighted by Gasteiger charge is 2.67. The summed E-state index contributed by atoms with van der Waals surface area (Å²) in [7, 11) is 0. The zero-order valence-electron chi connectivity index (χ0n) is 6.27. The molecule has 2 aliphatic rings. The molecule has 0 aromatic carbocycles. The fourth-order valence-electron chi connectivity index (χ4n) is 1.40. The molecule has 0 aromatic rings. The predicted molar refractivity (Wildman–Crippen MR) is 49.0 cm³/mol. The zero-order valence-corrected chi connectivity index (χ0v) is 9.44. The van der Waals surface area contributed by atoms with Crippen LogP contribution in [0.1, 0.15) is 13.3 Å². The van der Waals surface area contributed by atoms with Crippen LogP contribution in [-0.4, -0.2) is 22.7 Å². The maximum atomic E-state index is 5.43. The van der Waals surface area contributed by atoms with Crippen LogP contribution in [0.4, 0.5) is 0 Å². The summed E-state index contributed by atoms with van der Waals surface area (Å²) in [5.74, 6) is 0. The Morgan fingerprint density at radius 1 is 1.27 bits per heavy atom. The molecule has 1 aliphatic carbocycles. The van der Waals surface area contributed by atoms with Crippen molar-refractivity contribution >= 4 is 31.9 Å². The van der Waals surface area contributed by atoms with E-state index in [0.717, 1.165) is 19.6 Å². The van der Waals surface area contributed by atoms with E-state index in [1.54, 1.807) is 0 Å². The molecule has 0 spiro atoms. The lowest BCUT2D eigenvalue weighted by molar-refractivity contribution is -0.0885. The molecule has 0 amide bonds. The summed E-state index contributed by atoms with van der Waals surface area (Å²) in [6.07, 6.45) is 1.03. The average Bonchev–Trinajstić information content (AvgIpc) is 2.36. The van der Waals surface area contributed by atoms with Crippen molar-refractivity contribution < 1.29 is 9.47 Å². The molecule has 1 aliphatic heterocycles. The lowest BCUT2D eigenvalue weighted by atomic mass is 10.1. The van der Waals surface area contributed by atoms with Gasteiger partial charge in [-0.25, -0.2) is 0 Å². The van der Waals surface area contributed by atoms with Crippen LogP contribution in [0.15, 0.2) is 0 Å². The van der Waals surface area contributed by atoms with Crippen LogP contribution < -0.4 is 0 Å². The highest BCUT2D eigenvalue weighted by Crippen LogP contribution is 2.68. The van der Waals surface area contributed by atoms with Crippen molar-refractivity contribution in [2.24, 2.45) is 5.41 Å². The van der Waals surface area contributed by atoms with Crippen molar-refractivity contribution in [3.05, 3.63) is 0 Å². The Morgan fingerprint density at radius 3 is 2.09 bits per heavy atom. The maximum absolute atomic E-state index is 5.43. The van der Waals surface area contributed by atoms with E-state index in [-0.39, 0.29) is 14.9 Å². The summed E-state index contributed by atoms with van der Waals surface area (Å²) >= 11 is 7.15. The second kappa shape index (κ2) is 2.44. The molecule has 64 valence electrons. The van der Waals surface area contributed by atoms with Gasteiger partial charge in [-0.3, -0.25) is 0 Å². The Bertz CT molecular complexity index is 177. The summed E-state index contributed by atoms with van der Waals surface area (Å²) in [5.41, 5.74) is 0.115. The van der Waals surface area contributed by atoms with Crippen molar-refractivity contribution in [2.45, 2.75) is 22.9 Å². The first-order chi connectivity index (χ1) is 5.06. The maximum Gasteiger partial charge on any atom is 0.165 e. The normalized spacial score (nSPS) is 42.8. The number of ether oxygens (including phenoxy) is 2. The van der Waals surface area contributed by atoms with Crippen LogP contribution in [-0.2, 0) is 9.47 Å². The van der Waals surface area contributed by atoms with E-state index < -0.39 is 0 Å². The first-order valence-electron chi connectivity index (χ1n) is 3.67. The molecule has 1 unspecified atom stereocenters. The van der Waals surface area contributed by atoms with Gasteiger partial charge in [-0.2, -0.15) is 0 Å². The summed E-state index contributed by atoms with van der Waals surface area (Å²) < 4.78 is 10.9. The quantitative estimate of drug-likeness (QED) is 0.688. The molecule has 1 heterocycles. The van der Waals surface area contributed by atoms with Crippen molar-refractivity contribution in [3.63, 3.8) is 0 Å². The van der Waals surface area contributed by atoms with Crippen LogP contribution in [0.25, 0.3) is 0 Å². The third-order valence-electron chi connectivity index (χ3n) is 2.44. The third kappa shape index (κ3) is 1.19. The second-order valence-corrected chi connectivity index (χ2v) is 7.14. The van der Waals surface area contributed by atoms with Crippen molar-refractivity contribution in [1.82, 2.24) is 0 Å². The molecule has 4 heteroatoms. The molecule has 0 bridgehead atoms. The topological polar surface area (TPSA) is 18.5 Å². The van der Waals surface area contributed by atoms with E-state index in [0.29, 0.717) is 0 Å². The summed E-state index contributed by atoms with van der Waals surface area (Å²) in [6, 6.07) is 0. The lowest BCUT2D eigenvalue weighted by Crippen LogP contribution is -2.24. The van der Waals surface area contributed by atoms with Gasteiger partial charge in [0.15, 0.2) is 6.29 Å². The van der Waals surface area contributed by atoms with Gasteiger partial charge >= 0.3 is 0 Å². The van der Waals surface area contributed by atoms with Crippen LogP contribution in [0.2, 0.25) is 0 Å². The average molecular weight is 286 g/mol. The van der Waals surface area contributed by atoms with Crippen molar-refractivity contribution in [2.75, 3.05) is 13.2 Å². The Kier molecular flexibility index (Phi) is 1.88. The number of rotatable bonds is 1. The van der Waals surface area contributed by atoms with Gasteiger partial charge in [0.2, 0.25) is 0 Å². The molecule has 2 fully saturated rings. The number of halogens is 2. The van der Waals surface area contributed by atoms with Gasteiger partial charge in [0.1, 0.15) is 0 Å². The lowest BCUT2D eigenvalue weighted by Gasteiger charge is -2.18. The molecule has 2 nitrogen and oxygen atoms in total. The van der Waals surface area contributed by atoms with Crippen molar-refractivity contribution in [3.8, 4) is 0 Å². The molecule has 0 aromatic heterocycles. The molecule has 0 radical (unpaired) electrons. The van der Waals surface area contributed by atoms with E-state index in [4.69, 9.17) is 9.47 Å². The van der Waals surface area contributed by atoms with Gasteiger partial charge in [0.25, 0.3) is 0 Å². The van der Waals surface area contributed by atoms with Crippen LogP contribution in [0, 0.1) is 5.41 Å². The summed E-state index contributed by atoms with van der Waals surface area (Å²) in [6.45, 7) is 3.62. The molecule has 0 N–H and O–H groups in total. The predicted octanol–water partition coefficient (Wildman–Crippen LogP) is 2.26. The zero-order chi connectivity index (χ0) is 8.11. The Hall–Kier alpha value is 0.880. The van der Waals surface area contributed by atoms with E-state index >= 15 is 0 Å². The number of hydrogen-bond donors (Lipinski definition) is 0. The van der Waals surface area contributed by atoms with Gasteiger partial charge in [0, 0.05) is 5.41 Å². The van der Waals surface area contributed by atoms with Crippen molar-refractivity contribution in [1.29, 1.82) is 0 Å². The summed E-state index contributed by atoms with van der Waals surface area (Å²) in [5, 5.41) is 0. The summed E-state index contributed by atoms with van der Waals surface area (Å²) in [4.78, 5) is 0. The fraction of sp³-hybridized carbons (Fsp3) is 1.00. The van der Waals surface area contributed by atoms with Gasteiger partial charge in [0.05, 0.1) is 16.4 Å². The minimum atomic E-state index is -0.0266. The Morgan fingerprint density at radius 2 is 1.73 bits per heavy atom. The Balaban J connectivity index is 2.06. The molecule has 2 rings (SSSR count). The molecule has 1 atom stereocenters. The van der Waals surface area contributed by atoms with E-state index in [1.807, 2.05) is 0 Å². The van der Waals surface area contributed by atoms with Gasteiger partial charge in [-0.1, -0.05) is 38.8 Å². The second-order valence-electron chi connectivity index (χ2n) is 3.37. The van der Waals surface area contributed by atoms with Crippen LogP contribution in [0.3, 0.4) is 0 Å².